The van der Waals surface area contributed by atoms with Crippen molar-refractivity contribution in [3.8, 4) is 0 Å². The van der Waals surface area contributed by atoms with Gasteiger partial charge in [0.05, 0.1) is 11.0 Å². The van der Waals surface area contributed by atoms with Crippen LogP contribution in [0.4, 0.5) is 5.69 Å². The van der Waals surface area contributed by atoms with E-state index >= 15 is 0 Å². The first-order chi connectivity index (χ1) is 12.6. The number of hydrogen-bond acceptors (Lipinski definition) is 6. The fourth-order valence-corrected chi connectivity index (χ4v) is 4.89. The molecule has 0 aliphatic carbocycles. The van der Waals surface area contributed by atoms with Gasteiger partial charge >= 0.3 is 0 Å². The van der Waals surface area contributed by atoms with Crippen LogP contribution < -0.4 is 0 Å². The van der Waals surface area contributed by atoms with Crippen molar-refractivity contribution in [3.63, 3.8) is 0 Å². The SMILES string of the molecule is CC(C)[C@@H](C(=O)N(C)C)N1CCN(S(=O)(=O)c2ccccc2[N+](=O)[O-])CC1. The predicted molar refractivity (Wildman–Crippen MR) is 101 cm³/mol. The summed E-state index contributed by atoms with van der Waals surface area (Å²) in [4.78, 5) is 26.2. The Morgan fingerprint density at radius 1 is 1.15 bits per heavy atom. The molecule has 150 valence electrons. The Balaban J connectivity index is 2.20. The van der Waals surface area contributed by atoms with E-state index in [4.69, 9.17) is 0 Å². The van der Waals surface area contributed by atoms with Gasteiger partial charge in [-0.2, -0.15) is 4.31 Å². The van der Waals surface area contributed by atoms with Crippen LogP contribution in [0, 0.1) is 16.0 Å². The first-order valence-electron chi connectivity index (χ1n) is 8.76. The van der Waals surface area contributed by atoms with Gasteiger partial charge in [0.15, 0.2) is 4.90 Å². The van der Waals surface area contributed by atoms with Crippen LogP contribution in [0.1, 0.15) is 13.8 Å². The standard InChI is InChI=1S/C17H26N4O5S/c1-13(2)16(17(22)18(3)4)19-9-11-20(12-10-19)27(25,26)15-8-6-5-7-14(15)21(23)24/h5-8,13,16H,9-12H2,1-4H3/t16-/m0/s1. The zero-order chi connectivity index (χ0) is 20.4. The van der Waals surface area contributed by atoms with Crippen molar-refractivity contribution < 1.29 is 18.1 Å². The lowest BCUT2D eigenvalue weighted by molar-refractivity contribution is -0.387. The van der Waals surface area contributed by atoms with Crippen molar-refractivity contribution in [2.75, 3.05) is 40.3 Å². The molecule has 0 aromatic heterocycles. The lowest BCUT2D eigenvalue weighted by atomic mass is 10.0. The van der Waals surface area contributed by atoms with Gasteiger partial charge in [0, 0.05) is 46.3 Å². The highest BCUT2D eigenvalue weighted by Gasteiger charge is 2.37. The number of hydrogen-bond donors (Lipinski definition) is 0. The number of piperazine rings is 1. The zero-order valence-corrected chi connectivity index (χ0v) is 16.8. The fraction of sp³-hybridized carbons (Fsp3) is 0.588. The Kier molecular flexibility index (Phi) is 6.55. The third kappa shape index (κ3) is 4.45. The van der Waals surface area contributed by atoms with E-state index in [9.17, 15) is 23.3 Å². The summed E-state index contributed by atoms with van der Waals surface area (Å²) in [5, 5.41) is 11.2. The van der Waals surface area contributed by atoms with Crippen molar-refractivity contribution in [3.05, 3.63) is 34.4 Å². The second-order valence-corrected chi connectivity index (χ2v) is 8.99. The summed E-state index contributed by atoms with van der Waals surface area (Å²) in [5.41, 5.74) is -0.428. The fourth-order valence-electron chi connectivity index (χ4n) is 3.31. The van der Waals surface area contributed by atoms with Crippen LogP contribution in [0.3, 0.4) is 0 Å². The molecule has 0 bridgehead atoms. The minimum absolute atomic E-state index is 0.0139. The van der Waals surface area contributed by atoms with Gasteiger partial charge < -0.3 is 4.90 Å². The molecule has 1 aliphatic heterocycles. The van der Waals surface area contributed by atoms with Gasteiger partial charge in [-0.25, -0.2) is 8.42 Å². The number of nitrogens with zero attached hydrogens (tertiary/aromatic N) is 4. The molecule has 1 aliphatic rings. The maximum atomic E-state index is 12.9. The molecule has 1 aromatic rings. The molecule has 0 radical (unpaired) electrons. The van der Waals surface area contributed by atoms with E-state index in [0.29, 0.717) is 13.1 Å². The second-order valence-electron chi connectivity index (χ2n) is 7.09. The van der Waals surface area contributed by atoms with E-state index in [0.717, 1.165) is 0 Å². The quantitative estimate of drug-likeness (QED) is 0.523. The van der Waals surface area contributed by atoms with Crippen molar-refractivity contribution in [1.29, 1.82) is 0 Å². The number of nitro groups is 1. The molecule has 1 fully saturated rings. The molecule has 1 saturated heterocycles. The summed E-state index contributed by atoms with van der Waals surface area (Å²) in [5.74, 6) is 0.0678. The summed E-state index contributed by atoms with van der Waals surface area (Å²) in [6.07, 6.45) is 0. The Bertz CT molecular complexity index is 801. The number of para-hydroxylation sites is 1. The molecule has 9 nitrogen and oxygen atoms in total. The van der Waals surface area contributed by atoms with E-state index in [1.807, 2.05) is 18.7 Å². The highest BCUT2D eigenvalue weighted by molar-refractivity contribution is 7.89. The van der Waals surface area contributed by atoms with Crippen LogP contribution >= 0.6 is 0 Å². The maximum Gasteiger partial charge on any atom is 0.289 e. The number of amides is 1. The lowest BCUT2D eigenvalue weighted by Crippen LogP contribution is -2.57. The lowest BCUT2D eigenvalue weighted by Gasteiger charge is -2.40. The average Bonchev–Trinajstić information content (AvgIpc) is 2.61. The monoisotopic (exact) mass is 398 g/mol. The van der Waals surface area contributed by atoms with Crippen LogP contribution in [0.2, 0.25) is 0 Å². The second kappa shape index (κ2) is 8.32. The number of rotatable bonds is 6. The van der Waals surface area contributed by atoms with Crippen molar-refractivity contribution in [2.24, 2.45) is 5.92 Å². The molecule has 0 spiro atoms. The van der Waals surface area contributed by atoms with Crippen LogP contribution in [0.15, 0.2) is 29.2 Å². The van der Waals surface area contributed by atoms with Gasteiger partial charge in [-0.15, -0.1) is 0 Å². The first kappa shape index (κ1) is 21.3. The molecule has 0 saturated carbocycles. The smallest absolute Gasteiger partial charge is 0.289 e. The first-order valence-corrected chi connectivity index (χ1v) is 10.2. The van der Waals surface area contributed by atoms with Crippen LogP contribution in [-0.2, 0) is 14.8 Å². The number of benzene rings is 1. The summed E-state index contributed by atoms with van der Waals surface area (Å²) in [7, 11) is -0.571. The van der Waals surface area contributed by atoms with Crippen LogP contribution in [0.25, 0.3) is 0 Å². The van der Waals surface area contributed by atoms with Gasteiger partial charge in [-0.3, -0.25) is 19.8 Å². The zero-order valence-electron chi connectivity index (χ0n) is 16.0. The minimum Gasteiger partial charge on any atom is -0.347 e. The maximum absolute atomic E-state index is 12.9. The van der Waals surface area contributed by atoms with Gasteiger partial charge in [0.25, 0.3) is 5.69 Å². The summed E-state index contributed by atoms with van der Waals surface area (Å²) in [6.45, 7) is 5.06. The Labute approximate surface area is 159 Å². The third-order valence-corrected chi connectivity index (χ3v) is 6.62. The molecule has 1 atom stereocenters. The Morgan fingerprint density at radius 2 is 1.70 bits per heavy atom. The predicted octanol–water partition coefficient (Wildman–Crippen LogP) is 1.01. The number of likely N-dealkylation sites (N-methyl/N-ethyl adjacent to an activating group) is 1. The summed E-state index contributed by atoms with van der Waals surface area (Å²) in [6, 6.07) is 5.03. The van der Waals surface area contributed by atoms with E-state index in [-0.39, 0.29) is 35.9 Å². The molecule has 0 N–H and O–H groups in total. The average molecular weight is 398 g/mol. The molecular weight excluding hydrogens is 372 g/mol. The molecule has 1 amide bonds. The van der Waals surface area contributed by atoms with E-state index in [1.165, 1.54) is 28.6 Å². The van der Waals surface area contributed by atoms with E-state index < -0.39 is 20.6 Å². The number of sulfonamides is 1. The number of carbonyl (C=O) groups is 1. The normalized spacial score (nSPS) is 17.7. The van der Waals surface area contributed by atoms with Gasteiger partial charge in [0.1, 0.15) is 0 Å². The molecular formula is C17H26N4O5S. The minimum atomic E-state index is -3.97. The molecule has 27 heavy (non-hydrogen) atoms. The molecule has 1 heterocycles. The van der Waals surface area contributed by atoms with Crippen molar-refractivity contribution >= 4 is 21.6 Å². The molecule has 2 rings (SSSR count). The Morgan fingerprint density at radius 3 is 2.19 bits per heavy atom. The van der Waals surface area contributed by atoms with Gasteiger partial charge in [-0.1, -0.05) is 26.0 Å². The summed E-state index contributed by atoms with van der Waals surface area (Å²) >= 11 is 0. The summed E-state index contributed by atoms with van der Waals surface area (Å²) < 4.78 is 27.0. The number of nitro benzene ring substituents is 1. The van der Waals surface area contributed by atoms with E-state index in [2.05, 4.69) is 0 Å². The third-order valence-electron chi connectivity index (χ3n) is 4.67. The van der Waals surface area contributed by atoms with Gasteiger partial charge in [0.2, 0.25) is 15.9 Å². The topological polar surface area (TPSA) is 104 Å². The molecule has 1 aromatic carbocycles. The van der Waals surface area contributed by atoms with Crippen molar-refractivity contribution in [1.82, 2.24) is 14.1 Å². The van der Waals surface area contributed by atoms with E-state index in [1.54, 1.807) is 19.0 Å². The van der Waals surface area contributed by atoms with Crippen LogP contribution in [0.5, 0.6) is 0 Å². The molecule has 10 heteroatoms. The van der Waals surface area contributed by atoms with Gasteiger partial charge in [-0.05, 0) is 12.0 Å². The van der Waals surface area contributed by atoms with Crippen LogP contribution in [-0.4, -0.2) is 79.7 Å². The molecule has 0 unspecified atom stereocenters. The largest absolute Gasteiger partial charge is 0.347 e. The Hall–Kier alpha value is -2.04. The highest BCUT2D eigenvalue weighted by atomic mass is 32.2. The number of carbonyl (C=O) groups excluding carboxylic acids is 1. The van der Waals surface area contributed by atoms with Crippen molar-refractivity contribution in [2.45, 2.75) is 24.8 Å². The highest BCUT2D eigenvalue weighted by Crippen LogP contribution is 2.27.